The Balaban J connectivity index is 1.30. The van der Waals surface area contributed by atoms with Crippen LogP contribution in [0.15, 0.2) is 60.0 Å². The molecule has 0 bridgehead atoms. The van der Waals surface area contributed by atoms with E-state index in [-0.39, 0.29) is 18.0 Å². The molecule has 0 aliphatic carbocycles. The quantitative estimate of drug-likeness (QED) is 0.585. The summed E-state index contributed by atoms with van der Waals surface area (Å²) in [5, 5.41) is 5.61. The van der Waals surface area contributed by atoms with Gasteiger partial charge in [0.05, 0.1) is 18.6 Å². The number of benzene rings is 2. The van der Waals surface area contributed by atoms with Gasteiger partial charge >= 0.3 is 0 Å². The number of thiophene rings is 1. The molecule has 32 heavy (non-hydrogen) atoms. The van der Waals surface area contributed by atoms with Gasteiger partial charge in [-0.2, -0.15) is 0 Å². The summed E-state index contributed by atoms with van der Waals surface area (Å²) in [5.74, 6) is 1.70. The normalized spacial score (nSPS) is 18.5. The van der Waals surface area contributed by atoms with Gasteiger partial charge in [-0.3, -0.25) is 10.1 Å². The monoisotopic (exact) mass is 448 g/mol. The number of likely N-dealkylation sites (tertiary alicyclic amines) is 1. The van der Waals surface area contributed by atoms with Gasteiger partial charge in [-0.15, -0.1) is 11.3 Å². The summed E-state index contributed by atoms with van der Waals surface area (Å²) in [6, 6.07) is 18.9. The van der Waals surface area contributed by atoms with Crippen LogP contribution in [0, 0.1) is 6.92 Å². The van der Waals surface area contributed by atoms with E-state index in [4.69, 9.17) is 9.47 Å². The lowest BCUT2D eigenvalue weighted by molar-refractivity contribution is -0.131. The molecule has 2 aliphatic heterocycles. The molecule has 1 N–H and O–H groups in total. The van der Waals surface area contributed by atoms with Gasteiger partial charge in [0.1, 0.15) is 13.2 Å². The minimum Gasteiger partial charge on any atom is -0.486 e. The zero-order chi connectivity index (χ0) is 21.9. The first-order valence-electron chi connectivity index (χ1n) is 11.2. The fourth-order valence-corrected chi connectivity index (χ4v) is 5.39. The third-order valence-electron chi connectivity index (χ3n) is 6.22. The molecule has 0 radical (unpaired) electrons. The van der Waals surface area contributed by atoms with Crippen molar-refractivity contribution in [2.45, 2.75) is 31.8 Å². The van der Waals surface area contributed by atoms with Crippen LogP contribution >= 0.6 is 11.3 Å². The van der Waals surface area contributed by atoms with Crippen molar-refractivity contribution in [1.82, 2.24) is 10.2 Å². The second-order valence-electron chi connectivity index (χ2n) is 8.39. The topological polar surface area (TPSA) is 50.8 Å². The molecule has 0 spiro atoms. The van der Waals surface area contributed by atoms with Gasteiger partial charge < -0.3 is 14.4 Å². The average molecular weight is 449 g/mol. The maximum Gasteiger partial charge on any atom is 0.237 e. The summed E-state index contributed by atoms with van der Waals surface area (Å²) in [6.07, 6.45) is 1.98. The summed E-state index contributed by atoms with van der Waals surface area (Å²) in [5.41, 5.74) is 3.53. The zero-order valence-electron chi connectivity index (χ0n) is 18.3. The second kappa shape index (κ2) is 9.35. The Morgan fingerprint density at radius 3 is 2.72 bits per heavy atom. The Bertz CT molecular complexity index is 1070. The van der Waals surface area contributed by atoms with Crippen molar-refractivity contribution in [1.29, 1.82) is 0 Å². The average Bonchev–Trinajstić information content (AvgIpc) is 3.52. The summed E-state index contributed by atoms with van der Waals surface area (Å²) in [6.45, 7) is 4.33. The van der Waals surface area contributed by atoms with Gasteiger partial charge in [-0.05, 0) is 54.5 Å². The van der Waals surface area contributed by atoms with E-state index in [0.29, 0.717) is 19.8 Å². The number of ether oxygens (including phenoxy) is 2. The highest BCUT2D eigenvalue weighted by molar-refractivity contribution is 7.10. The number of hydrogen-bond acceptors (Lipinski definition) is 5. The van der Waals surface area contributed by atoms with Crippen LogP contribution in [-0.4, -0.2) is 37.1 Å². The van der Waals surface area contributed by atoms with Crippen molar-refractivity contribution in [3.63, 3.8) is 0 Å². The first-order chi connectivity index (χ1) is 15.7. The Kier molecular flexibility index (Phi) is 6.14. The van der Waals surface area contributed by atoms with Gasteiger partial charge in [-0.1, -0.05) is 42.0 Å². The third-order valence-corrected chi connectivity index (χ3v) is 7.16. The summed E-state index contributed by atoms with van der Waals surface area (Å²) >= 11 is 1.71. The van der Waals surface area contributed by atoms with Gasteiger partial charge in [-0.25, -0.2) is 0 Å². The largest absolute Gasteiger partial charge is 0.486 e. The molecular formula is C26H28N2O3S. The van der Waals surface area contributed by atoms with Crippen LogP contribution < -0.4 is 14.8 Å². The Morgan fingerprint density at radius 1 is 1.12 bits per heavy atom. The number of carbonyl (C=O) groups is 1. The van der Waals surface area contributed by atoms with E-state index in [0.717, 1.165) is 36.4 Å². The van der Waals surface area contributed by atoms with Crippen molar-refractivity contribution in [2.24, 2.45) is 0 Å². The van der Waals surface area contributed by atoms with Gasteiger partial charge in [0, 0.05) is 11.4 Å². The molecule has 3 aromatic rings. The molecule has 3 heterocycles. The molecule has 1 aromatic heterocycles. The molecule has 2 atom stereocenters. The highest BCUT2D eigenvalue weighted by atomic mass is 32.1. The minimum absolute atomic E-state index is 0.00916. The van der Waals surface area contributed by atoms with Crippen molar-refractivity contribution in [3.05, 3.63) is 81.5 Å². The smallest absolute Gasteiger partial charge is 0.237 e. The van der Waals surface area contributed by atoms with Crippen LogP contribution in [-0.2, 0) is 4.79 Å². The lowest BCUT2D eigenvalue weighted by Gasteiger charge is -2.28. The molecule has 2 unspecified atom stereocenters. The first kappa shape index (κ1) is 21.0. The van der Waals surface area contributed by atoms with E-state index in [1.165, 1.54) is 16.0 Å². The number of amides is 1. The third kappa shape index (κ3) is 4.38. The standard InChI is InChI=1S/C26H28N2O3S/c1-18-6-8-19(9-7-18)26(24-5-3-15-32-24)27-17-25(29)28-12-2-4-21(28)20-10-11-22-23(16-20)31-14-13-30-22/h3,5-11,15-16,21,26-27H,2,4,12-14,17H2,1H3. The molecule has 166 valence electrons. The van der Waals surface area contributed by atoms with E-state index < -0.39 is 0 Å². The summed E-state index contributed by atoms with van der Waals surface area (Å²) < 4.78 is 11.4. The van der Waals surface area contributed by atoms with E-state index in [9.17, 15) is 4.79 Å². The number of nitrogens with zero attached hydrogens (tertiary/aromatic N) is 1. The lowest BCUT2D eigenvalue weighted by atomic mass is 10.0. The second-order valence-corrected chi connectivity index (χ2v) is 9.37. The van der Waals surface area contributed by atoms with E-state index >= 15 is 0 Å². The molecule has 1 fully saturated rings. The van der Waals surface area contributed by atoms with E-state index in [1.807, 2.05) is 17.0 Å². The molecule has 6 heteroatoms. The van der Waals surface area contributed by atoms with Gasteiger partial charge in [0.2, 0.25) is 5.91 Å². The van der Waals surface area contributed by atoms with Gasteiger partial charge in [0.15, 0.2) is 11.5 Å². The highest BCUT2D eigenvalue weighted by Gasteiger charge is 2.31. The van der Waals surface area contributed by atoms with Crippen LogP contribution in [0.3, 0.4) is 0 Å². The maximum atomic E-state index is 13.3. The molecule has 2 aliphatic rings. The molecule has 1 saturated heterocycles. The molecule has 1 amide bonds. The van der Waals surface area contributed by atoms with E-state index in [1.54, 1.807) is 11.3 Å². The number of rotatable bonds is 6. The van der Waals surface area contributed by atoms with E-state index in [2.05, 4.69) is 60.1 Å². The summed E-state index contributed by atoms with van der Waals surface area (Å²) in [4.78, 5) is 16.5. The highest BCUT2D eigenvalue weighted by Crippen LogP contribution is 2.38. The number of carbonyl (C=O) groups excluding carboxylic acids is 1. The van der Waals surface area contributed by atoms with Crippen molar-refractivity contribution in [2.75, 3.05) is 26.3 Å². The number of nitrogens with one attached hydrogen (secondary N) is 1. The fraction of sp³-hybridized carbons (Fsp3) is 0.346. The zero-order valence-corrected chi connectivity index (χ0v) is 19.1. The maximum absolute atomic E-state index is 13.3. The SMILES string of the molecule is Cc1ccc(C(NCC(=O)N2CCCC2c2ccc3c(c2)OCCO3)c2cccs2)cc1. The van der Waals surface area contributed by atoms with Crippen molar-refractivity contribution >= 4 is 17.2 Å². The molecule has 2 aromatic carbocycles. The Morgan fingerprint density at radius 2 is 1.94 bits per heavy atom. The first-order valence-corrected chi connectivity index (χ1v) is 12.1. The van der Waals surface area contributed by atoms with Gasteiger partial charge in [0.25, 0.3) is 0 Å². The van der Waals surface area contributed by atoms with Crippen LogP contribution in [0.4, 0.5) is 0 Å². The van der Waals surface area contributed by atoms with Crippen molar-refractivity contribution < 1.29 is 14.3 Å². The van der Waals surface area contributed by atoms with Crippen LogP contribution in [0.2, 0.25) is 0 Å². The molecular weight excluding hydrogens is 420 g/mol. The molecule has 0 saturated carbocycles. The predicted molar refractivity (Wildman–Crippen MR) is 126 cm³/mol. The van der Waals surface area contributed by atoms with Crippen LogP contribution in [0.5, 0.6) is 11.5 Å². The fourth-order valence-electron chi connectivity index (χ4n) is 4.57. The Labute approximate surface area is 193 Å². The van der Waals surface area contributed by atoms with Crippen LogP contribution in [0.1, 0.15) is 46.5 Å². The molecule has 5 nitrogen and oxygen atoms in total. The predicted octanol–water partition coefficient (Wildman–Crippen LogP) is 4.87. The lowest BCUT2D eigenvalue weighted by Crippen LogP contribution is -2.39. The summed E-state index contributed by atoms with van der Waals surface area (Å²) in [7, 11) is 0. The number of hydrogen-bond donors (Lipinski definition) is 1. The Hall–Kier alpha value is -2.83. The number of aryl methyl sites for hydroxylation is 1. The minimum atomic E-state index is 0.00916. The molecule has 5 rings (SSSR count). The van der Waals surface area contributed by atoms with Crippen molar-refractivity contribution in [3.8, 4) is 11.5 Å². The van der Waals surface area contributed by atoms with Crippen LogP contribution in [0.25, 0.3) is 0 Å². The number of fused-ring (bicyclic) bond motifs is 1.